The quantitative estimate of drug-likeness (QED) is 0.366. The number of halogens is 1. The van der Waals surface area contributed by atoms with Crippen molar-refractivity contribution in [3.05, 3.63) is 89.0 Å². The summed E-state index contributed by atoms with van der Waals surface area (Å²) >= 11 is 5.92. The lowest BCUT2D eigenvalue weighted by atomic mass is 10.1. The first-order valence-electron chi connectivity index (χ1n) is 9.82. The number of hydrogen-bond donors (Lipinski definition) is 2. The standard InChI is InChI=1S/C25H20ClN3O4/c1-32-22-10-8-20(9-11-22)28-24(30)16-33-23-7-2-4-17(13-23)12-18(15-27)25(31)29-21-6-3-5-19(26)14-21/h2-14H,16H2,1H3,(H,28,30)(H,29,31). The van der Waals surface area contributed by atoms with Crippen LogP contribution < -0.4 is 20.1 Å². The normalized spacial score (nSPS) is 10.6. The monoisotopic (exact) mass is 461 g/mol. The summed E-state index contributed by atoms with van der Waals surface area (Å²) in [4.78, 5) is 24.6. The Kier molecular flexibility index (Phi) is 8.06. The molecule has 2 N–H and O–H groups in total. The molecule has 0 radical (unpaired) electrons. The van der Waals surface area contributed by atoms with E-state index >= 15 is 0 Å². The predicted molar refractivity (Wildman–Crippen MR) is 127 cm³/mol. The summed E-state index contributed by atoms with van der Waals surface area (Å²) < 4.78 is 10.6. The van der Waals surface area contributed by atoms with Crippen molar-refractivity contribution in [2.45, 2.75) is 0 Å². The Morgan fingerprint density at radius 2 is 1.73 bits per heavy atom. The first kappa shape index (κ1) is 23.4. The number of carbonyl (C=O) groups excluding carboxylic acids is 2. The van der Waals surface area contributed by atoms with Crippen molar-refractivity contribution in [1.82, 2.24) is 0 Å². The molecule has 3 rings (SSSR count). The lowest BCUT2D eigenvalue weighted by molar-refractivity contribution is -0.118. The highest BCUT2D eigenvalue weighted by Gasteiger charge is 2.10. The van der Waals surface area contributed by atoms with Crippen molar-refractivity contribution in [3.8, 4) is 17.6 Å². The first-order chi connectivity index (χ1) is 16.0. The van der Waals surface area contributed by atoms with E-state index in [1.165, 1.54) is 6.08 Å². The second-order valence-electron chi connectivity index (χ2n) is 6.77. The van der Waals surface area contributed by atoms with E-state index in [1.807, 2.05) is 6.07 Å². The highest BCUT2D eigenvalue weighted by molar-refractivity contribution is 6.31. The first-order valence-corrected chi connectivity index (χ1v) is 10.2. The fourth-order valence-electron chi connectivity index (χ4n) is 2.79. The van der Waals surface area contributed by atoms with Crippen LogP contribution in [0.1, 0.15) is 5.56 Å². The molecule has 0 fully saturated rings. The van der Waals surface area contributed by atoms with Crippen LogP contribution in [0.2, 0.25) is 5.02 Å². The summed E-state index contributed by atoms with van der Waals surface area (Å²) in [7, 11) is 1.57. The van der Waals surface area contributed by atoms with Gasteiger partial charge in [0.15, 0.2) is 6.61 Å². The van der Waals surface area contributed by atoms with Crippen LogP contribution in [0.15, 0.2) is 78.4 Å². The van der Waals surface area contributed by atoms with Gasteiger partial charge in [-0.1, -0.05) is 29.8 Å². The SMILES string of the molecule is COc1ccc(NC(=O)COc2cccc(C=C(C#N)C(=O)Nc3cccc(Cl)c3)c2)cc1. The number of amides is 2. The molecule has 0 unspecified atom stereocenters. The maximum atomic E-state index is 12.4. The highest BCUT2D eigenvalue weighted by atomic mass is 35.5. The molecule has 0 saturated heterocycles. The average Bonchev–Trinajstić information content (AvgIpc) is 2.82. The van der Waals surface area contributed by atoms with Gasteiger partial charge in [0.1, 0.15) is 23.1 Å². The number of ether oxygens (including phenoxy) is 2. The van der Waals surface area contributed by atoms with E-state index in [4.69, 9.17) is 21.1 Å². The van der Waals surface area contributed by atoms with Crippen molar-refractivity contribution in [2.24, 2.45) is 0 Å². The van der Waals surface area contributed by atoms with E-state index in [1.54, 1.807) is 79.9 Å². The Morgan fingerprint density at radius 1 is 0.970 bits per heavy atom. The Labute approximate surface area is 196 Å². The van der Waals surface area contributed by atoms with Crippen LogP contribution in [0.5, 0.6) is 11.5 Å². The zero-order valence-electron chi connectivity index (χ0n) is 17.7. The summed E-state index contributed by atoms with van der Waals surface area (Å²) in [6.45, 7) is -0.209. The van der Waals surface area contributed by atoms with Gasteiger partial charge < -0.3 is 20.1 Å². The molecule has 0 spiro atoms. The van der Waals surface area contributed by atoms with Crippen LogP contribution >= 0.6 is 11.6 Å². The second kappa shape index (κ2) is 11.4. The van der Waals surface area contributed by atoms with E-state index in [9.17, 15) is 14.9 Å². The van der Waals surface area contributed by atoms with E-state index in [-0.39, 0.29) is 18.1 Å². The number of nitriles is 1. The summed E-state index contributed by atoms with van der Waals surface area (Å²) in [6.07, 6.45) is 1.43. The smallest absolute Gasteiger partial charge is 0.266 e. The average molecular weight is 462 g/mol. The van der Waals surface area contributed by atoms with Gasteiger partial charge in [-0.25, -0.2) is 0 Å². The molecule has 8 heteroatoms. The fraction of sp³-hybridized carbons (Fsp3) is 0.0800. The fourth-order valence-corrected chi connectivity index (χ4v) is 2.98. The van der Waals surface area contributed by atoms with Crippen molar-refractivity contribution in [2.75, 3.05) is 24.4 Å². The van der Waals surface area contributed by atoms with E-state index in [0.29, 0.717) is 33.5 Å². The molecule has 0 atom stereocenters. The van der Waals surface area contributed by atoms with Gasteiger partial charge in [0.2, 0.25) is 0 Å². The maximum absolute atomic E-state index is 12.4. The number of carbonyl (C=O) groups is 2. The number of anilines is 2. The third-order valence-electron chi connectivity index (χ3n) is 4.36. The molecule has 0 aliphatic heterocycles. The van der Waals surface area contributed by atoms with E-state index in [2.05, 4.69) is 10.6 Å². The molecule has 166 valence electrons. The Bertz CT molecular complexity index is 1220. The van der Waals surface area contributed by atoms with Crippen LogP contribution in [0.25, 0.3) is 6.08 Å². The zero-order valence-corrected chi connectivity index (χ0v) is 18.4. The molecule has 7 nitrogen and oxygen atoms in total. The molecule has 0 aromatic heterocycles. The van der Waals surface area contributed by atoms with Crippen molar-refractivity contribution in [3.63, 3.8) is 0 Å². The molecular formula is C25H20ClN3O4. The third-order valence-corrected chi connectivity index (χ3v) is 4.60. The predicted octanol–water partition coefficient (Wildman–Crippen LogP) is 4.91. The molecular weight excluding hydrogens is 442 g/mol. The molecule has 0 aliphatic rings. The number of nitrogens with zero attached hydrogens (tertiary/aromatic N) is 1. The molecule has 2 amide bonds. The Hall–Kier alpha value is -4.28. The molecule has 0 heterocycles. The molecule has 3 aromatic rings. The number of hydrogen-bond acceptors (Lipinski definition) is 5. The minimum atomic E-state index is -0.565. The minimum absolute atomic E-state index is 0.0932. The molecule has 0 bridgehead atoms. The van der Waals surface area contributed by atoms with Gasteiger partial charge in [0.25, 0.3) is 11.8 Å². The maximum Gasteiger partial charge on any atom is 0.266 e. The molecule has 33 heavy (non-hydrogen) atoms. The number of benzene rings is 3. The van der Waals surface area contributed by atoms with Gasteiger partial charge in [-0.05, 0) is 66.2 Å². The summed E-state index contributed by atoms with van der Waals surface area (Å²) in [6, 6.07) is 22.2. The molecule has 0 saturated carbocycles. The Balaban J connectivity index is 1.61. The van der Waals surface area contributed by atoms with Gasteiger partial charge >= 0.3 is 0 Å². The van der Waals surface area contributed by atoms with E-state index < -0.39 is 5.91 Å². The summed E-state index contributed by atoms with van der Waals surface area (Å²) in [5.74, 6) is 0.206. The third kappa shape index (κ3) is 7.13. The second-order valence-corrected chi connectivity index (χ2v) is 7.21. The molecule has 3 aromatic carbocycles. The molecule has 0 aliphatic carbocycles. The summed E-state index contributed by atoms with van der Waals surface area (Å²) in [5, 5.41) is 15.2. The van der Waals surface area contributed by atoms with Crippen molar-refractivity contribution in [1.29, 1.82) is 5.26 Å². The van der Waals surface area contributed by atoms with Crippen LogP contribution in [0.4, 0.5) is 11.4 Å². The van der Waals surface area contributed by atoms with Crippen LogP contribution in [-0.2, 0) is 9.59 Å². The lowest BCUT2D eigenvalue weighted by Crippen LogP contribution is -2.20. The number of rotatable bonds is 8. The topological polar surface area (TPSA) is 100 Å². The van der Waals surface area contributed by atoms with Crippen molar-refractivity contribution < 1.29 is 19.1 Å². The number of methoxy groups -OCH3 is 1. The van der Waals surface area contributed by atoms with E-state index in [0.717, 1.165) is 0 Å². The van der Waals surface area contributed by atoms with Gasteiger partial charge in [0.05, 0.1) is 7.11 Å². The lowest BCUT2D eigenvalue weighted by Gasteiger charge is -2.09. The van der Waals surface area contributed by atoms with Gasteiger partial charge in [-0.3, -0.25) is 9.59 Å². The van der Waals surface area contributed by atoms with Crippen LogP contribution in [-0.4, -0.2) is 25.5 Å². The minimum Gasteiger partial charge on any atom is -0.497 e. The van der Waals surface area contributed by atoms with Gasteiger partial charge in [-0.2, -0.15) is 5.26 Å². The Morgan fingerprint density at radius 3 is 2.42 bits per heavy atom. The van der Waals surface area contributed by atoms with Crippen LogP contribution in [0.3, 0.4) is 0 Å². The van der Waals surface area contributed by atoms with Gasteiger partial charge in [0, 0.05) is 16.4 Å². The van der Waals surface area contributed by atoms with Crippen molar-refractivity contribution >= 4 is 40.9 Å². The largest absolute Gasteiger partial charge is 0.497 e. The van der Waals surface area contributed by atoms with Gasteiger partial charge in [-0.15, -0.1) is 0 Å². The summed E-state index contributed by atoms with van der Waals surface area (Å²) in [5.41, 5.74) is 1.57. The highest BCUT2D eigenvalue weighted by Crippen LogP contribution is 2.19. The van der Waals surface area contributed by atoms with Crippen LogP contribution in [0, 0.1) is 11.3 Å². The zero-order chi connectivity index (χ0) is 23.6. The number of nitrogens with one attached hydrogen (secondary N) is 2.